The number of nitrogens with zero attached hydrogens (tertiary/aromatic N) is 3. The first-order valence-electron chi connectivity index (χ1n) is 6.68. The van der Waals surface area contributed by atoms with Crippen LogP contribution in [0.4, 0.5) is 0 Å². The van der Waals surface area contributed by atoms with E-state index in [4.69, 9.17) is 5.73 Å². The summed E-state index contributed by atoms with van der Waals surface area (Å²) in [6.07, 6.45) is 2.40. The molecule has 0 bridgehead atoms. The predicted octanol–water partition coefficient (Wildman–Crippen LogP) is -0.445. The van der Waals surface area contributed by atoms with E-state index in [1.807, 2.05) is 4.90 Å². The van der Waals surface area contributed by atoms with Crippen molar-refractivity contribution in [2.45, 2.75) is 12.8 Å². The smallest absolute Gasteiger partial charge is 0.236 e. The zero-order chi connectivity index (χ0) is 13.0. The minimum absolute atomic E-state index is 0. The second-order valence-corrected chi connectivity index (χ2v) is 4.95. The summed E-state index contributed by atoms with van der Waals surface area (Å²) in [6, 6.07) is 0. The third-order valence-corrected chi connectivity index (χ3v) is 3.72. The molecule has 2 N–H and O–H groups in total. The van der Waals surface area contributed by atoms with Gasteiger partial charge in [-0.25, -0.2) is 0 Å². The van der Waals surface area contributed by atoms with Gasteiger partial charge in [0.05, 0.1) is 13.1 Å². The molecular formula is C12H24Cl2N4O2. The first kappa shape index (κ1) is 19.4. The molecule has 2 fully saturated rings. The van der Waals surface area contributed by atoms with Gasteiger partial charge in [0, 0.05) is 26.2 Å². The molecule has 0 aromatic rings. The Balaban J connectivity index is 0.00000180. The predicted molar refractivity (Wildman–Crippen MR) is 82.4 cm³/mol. The lowest BCUT2D eigenvalue weighted by Gasteiger charge is -2.35. The van der Waals surface area contributed by atoms with Gasteiger partial charge in [-0.05, 0) is 25.9 Å². The maximum absolute atomic E-state index is 12.1. The molecule has 6 nitrogen and oxygen atoms in total. The summed E-state index contributed by atoms with van der Waals surface area (Å²) in [4.78, 5) is 29.3. The second kappa shape index (κ2) is 9.39. The van der Waals surface area contributed by atoms with Crippen molar-refractivity contribution in [2.75, 3.05) is 52.4 Å². The Bertz CT molecular complexity index is 317. The molecule has 0 unspecified atom stereocenters. The largest absolute Gasteiger partial charge is 0.338 e. The molecule has 2 saturated heterocycles. The van der Waals surface area contributed by atoms with E-state index in [1.165, 1.54) is 12.8 Å². The van der Waals surface area contributed by atoms with Crippen LogP contribution in [-0.4, -0.2) is 78.9 Å². The Hall–Kier alpha value is -0.560. The van der Waals surface area contributed by atoms with Gasteiger partial charge in [-0.15, -0.1) is 24.8 Å². The van der Waals surface area contributed by atoms with Gasteiger partial charge in [-0.2, -0.15) is 0 Å². The molecule has 0 aromatic carbocycles. The number of carbonyl (C=O) groups excluding carboxylic acids is 2. The Morgan fingerprint density at radius 2 is 1.25 bits per heavy atom. The highest BCUT2D eigenvalue weighted by Gasteiger charge is 2.25. The Labute approximate surface area is 132 Å². The summed E-state index contributed by atoms with van der Waals surface area (Å²) in [7, 11) is 0. The van der Waals surface area contributed by atoms with Gasteiger partial charge in [0.1, 0.15) is 0 Å². The van der Waals surface area contributed by atoms with Crippen LogP contribution in [0.1, 0.15) is 12.8 Å². The number of hydrogen-bond donors (Lipinski definition) is 1. The quantitative estimate of drug-likeness (QED) is 0.763. The van der Waals surface area contributed by atoms with Crippen LogP contribution in [0.3, 0.4) is 0 Å². The molecule has 0 saturated carbocycles. The summed E-state index contributed by atoms with van der Waals surface area (Å²) in [6.45, 7) is 5.17. The minimum atomic E-state index is -0.0263. The fourth-order valence-electron chi connectivity index (χ4n) is 2.57. The van der Waals surface area contributed by atoms with Crippen molar-refractivity contribution in [1.82, 2.24) is 14.7 Å². The van der Waals surface area contributed by atoms with Gasteiger partial charge >= 0.3 is 0 Å². The maximum Gasteiger partial charge on any atom is 0.236 e. The van der Waals surface area contributed by atoms with Gasteiger partial charge in [0.15, 0.2) is 0 Å². The van der Waals surface area contributed by atoms with Crippen molar-refractivity contribution in [3.63, 3.8) is 0 Å². The normalized spacial score (nSPS) is 19.2. The molecule has 118 valence electrons. The Morgan fingerprint density at radius 1 is 0.800 bits per heavy atom. The van der Waals surface area contributed by atoms with Crippen molar-refractivity contribution in [1.29, 1.82) is 0 Å². The lowest BCUT2D eigenvalue weighted by molar-refractivity contribution is -0.139. The fourth-order valence-corrected chi connectivity index (χ4v) is 2.57. The molecule has 0 spiro atoms. The summed E-state index contributed by atoms with van der Waals surface area (Å²) >= 11 is 0. The van der Waals surface area contributed by atoms with Crippen LogP contribution < -0.4 is 5.73 Å². The van der Waals surface area contributed by atoms with E-state index in [9.17, 15) is 9.59 Å². The molecule has 2 aliphatic heterocycles. The summed E-state index contributed by atoms with van der Waals surface area (Å²) < 4.78 is 0. The Kier molecular flexibility index (Phi) is 9.13. The molecule has 8 heteroatoms. The molecule has 0 radical (unpaired) electrons. The molecule has 2 heterocycles. The van der Waals surface area contributed by atoms with Crippen LogP contribution >= 0.6 is 24.8 Å². The summed E-state index contributed by atoms with van der Waals surface area (Å²) in [5.74, 6) is 0.165. The van der Waals surface area contributed by atoms with E-state index in [0.717, 1.165) is 13.1 Å². The minimum Gasteiger partial charge on any atom is -0.338 e. The van der Waals surface area contributed by atoms with Crippen LogP contribution in [0.5, 0.6) is 0 Å². The lowest BCUT2D eigenvalue weighted by atomic mass is 10.3. The standard InChI is InChI=1S/C12H22N4O2.2ClH/c13-9-11(17)15-5-7-16(8-6-15)12(18)10-14-3-1-2-4-14;;/h1-10,13H2;2*1H. The number of likely N-dealkylation sites (tertiary alicyclic amines) is 1. The molecule has 2 amide bonds. The third-order valence-electron chi connectivity index (χ3n) is 3.72. The monoisotopic (exact) mass is 326 g/mol. The van der Waals surface area contributed by atoms with E-state index in [2.05, 4.69) is 4.90 Å². The Morgan fingerprint density at radius 3 is 1.70 bits per heavy atom. The van der Waals surface area contributed by atoms with Gasteiger partial charge in [0.2, 0.25) is 11.8 Å². The van der Waals surface area contributed by atoms with E-state index in [0.29, 0.717) is 32.7 Å². The molecule has 20 heavy (non-hydrogen) atoms. The van der Waals surface area contributed by atoms with Crippen molar-refractivity contribution in [3.05, 3.63) is 0 Å². The van der Waals surface area contributed by atoms with Gasteiger partial charge < -0.3 is 15.5 Å². The van der Waals surface area contributed by atoms with Crippen molar-refractivity contribution in [2.24, 2.45) is 5.73 Å². The topological polar surface area (TPSA) is 69.9 Å². The zero-order valence-corrected chi connectivity index (χ0v) is 13.3. The van der Waals surface area contributed by atoms with E-state index >= 15 is 0 Å². The van der Waals surface area contributed by atoms with Gasteiger partial charge in [-0.1, -0.05) is 0 Å². The fraction of sp³-hybridized carbons (Fsp3) is 0.833. The highest BCUT2D eigenvalue weighted by molar-refractivity contribution is 5.85. The molecule has 0 atom stereocenters. The highest BCUT2D eigenvalue weighted by atomic mass is 35.5. The van der Waals surface area contributed by atoms with Crippen molar-refractivity contribution < 1.29 is 9.59 Å². The molecule has 2 rings (SSSR count). The zero-order valence-electron chi connectivity index (χ0n) is 11.6. The summed E-state index contributed by atoms with van der Waals surface area (Å²) in [5, 5.41) is 0. The first-order chi connectivity index (χ1) is 8.70. The second-order valence-electron chi connectivity index (χ2n) is 4.95. The summed E-state index contributed by atoms with van der Waals surface area (Å²) in [5.41, 5.74) is 5.33. The number of piperazine rings is 1. The highest BCUT2D eigenvalue weighted by Crippen LogP contribution is 2.09. The SMILES string of the molecule is Cl.Cl.NCC(=O)N1CCN(C(=O)CN2CCCC2)CC1. The first-order valence-corrected chi connectivity index (χ1v) is 6.68. The molecule has 2 aliphatic rings. The number of hydrogen-bond acceptors (Lipinski definition) is 4. The number of halogens is 2. The van der Waals surface area contributed by atoms with Crippen LogP contribution in [0.2, 0.25) is 0 Å². The van der Waals surface area contributed by atoms with E-state index in [-0.39, 0.29) is 43.2 Å². The van der Waals surface area contributed by atoms with Crippen molar-refractivity contribution >= 4 is 36.6 Å². The van der Waals surface area contributed by atoms with Crippen LogP contribution in [0.15, 0.2) is 0 Å². The van der Waals surface area contributed by atoms with Crippen LogP contribution in [0.25, 0.3) is 0 Å². The number of rotatable bonds is 3. The molecule has 0 aliphatic carbocycles. The number of carbonyl (C=O) groups is 2. The van der Waals surface area contributed by atoms with Crippen molar-refractivity contribution in [3.8, 4) is 0 Å². The lowest BCUT2D eigenvalue weighted by Crippen LogP contribution is -2.53. The number of nitrogens with two attached hydrogens (primary N) is 1. The van der Waals surface area contributed by atoms with E-state index < -0.39 is 0 Å². The van der Waals surface area contributed by atoms with Crippen LogP contribution in [0, 0.1) is 0 Å². The average molecular weight is 327 g/mol. The average Bonchev–Trinajstić information content (AvgIpc) is 2.91. The molecule has 0 aromatic heterocycles. The van der Waals surface area contributed by atoms with Gasteiger partial charge in [-0.3, -0.25) is 14.5 Å². The van der Waals surface area contributed by atoms with Gasteiger partial charge in [0.25, 0.3) is 0 Å². The van der Waals surface area contributed by atoms with E-state index in [1.54, 1.807) is 4.90 Å². The number of amides is 2. The molecular weight excluding hydrogens is 303 g/mol. The third kappa shape index (κ3) is 5.09. The maximum atomic E-state index is 12.1. The van der Waals surface area contributed by atoms with Crippen LogP contribution in [-0.2, 0) is 9.59 Å².